The van der Waals surface area contributed by atoms with Crippen molar-refractivity contribution < 1.29 is 14.4 Å². The zero-order valence-corrected chi connectivity index (χ0v) is 22.7. The van der Waals surface area contributed by atoms with E-state index in [1.807, 2.05) is 74.2 Å². The minimum Gasteiger partial charge on any atom is -0.368 e. The monoisotopic (exact) mass is 532 g/mol. The molecule has 1 aliphatic heterocycles. The highest BCUT2D eigenvalue weighted by atomic mass is 35.5. The Balaban J connectivity index is 1.30. The van der Waals surface area contributed by atoms with Crippen molar-refractivity contribution >= 4 is 40.7 Å². The molecule has 0 aromatic heterocycles. The SMILES string of the molecule is Cc1ccc(C(=O)N2CCN(c3ccc(NC(=O)CN(C(=O)c4ccc(Cl)cc4)C(C)C)cc3)CC2)cc1. The molecule has 7 nitrogen and oxygen atoms in total. The van der Waals surface area contributed by atoms with Crippen molar-refractivity contribution in [2.45, 2.75) is 26.8 Å². The molecule has 8 heteroatoms. The first-order valence-electron chi connectivity index (χ1n) is 12.8. The normalized spacial score (nSPS) is 13.4. The molecule has 0 bridgehead atoms. The van der Waals surface area contributed by atoms with Gasteiger partial charge in [-0.05, 0) is 81.4 Å². The summed E-state index contributed by atoms with van der Waals surface area (Å²) in [6.45, 7) is 8.48. The number of amides is 3. The van der Waals surface area contributed by atoms with E-state index in [-0.39, 0.29) is 30.3 Å². The molecule has 0 atom stereocenters. The molecule has 1 N–H and O–H groups in total. The van der Waals surface area contributed by atoms with Gasteiger partial charge >= 0.3 is 0 Å². The Hall–Kier alpha value is -3.84. The highest BCUT2D eigenvalue weighted by Gasteiger charge is 2.23. The van der Waals surface area contributed by atoms with Crippen LogP contribution in [0.15, 0.2) is 72.8 Å². The zero-order chi connectivity index (χ0) is 27.2. The smallest absolute Gasteiger partial charge is 0.254 e. The summed E-state index contributed by atoms with van der Waals surface area (Å²) in [5.41, 5.74) is 4.03. The van der Waals surface area contributed by atoms with Crippen LogP contribution < -0.4 is 10.2 Å². The second kappa shape index (κ2) is 12.1. The quantitative estimate of drug-likeness (QED) is 0.459. The summed E-state index contributed by atoms with van der Waals surface area (Å²) in [5.74, 6) is -0.424. The van der Waals surface area contributed by atoms with Crippen LogP contribution in [0.5, 0.6) is 0 Å². The minimum absolute atomic E-state index is 0.0577. The van der Waals surface area contributed by atoms with Crippen LogP contribution in [-0.2, 0) is 4.79 Å². The Morgan fingerprint density at radius 2 is 1.42 bits per heavy atom. The molecule has 198 valence electrons. The Bertz CT molecular complexity index is 1270. The molecule has 1 aliphatic rings. The van der Waals surface area contributed by atoms with Gasteiger partial charge in [-0.25, -0.2) is 0 Å². The molecule has 3 amide bonds. The molecule has 4 rings (SSSR count). The number of nitrogens with zero attached hydrogens (tertiary/aromatic N) is 3. The average molecular weight is 533 g/mol. The second-order valence-electron chi connectivity index (χ2n) is 9.77. The van der Waals surface area contributed by atoms with Crippen LogP contribution in [0.3, 0.4) is 0 Å². The van der Waals surface area contributed by atoms with E-state index in [9.17, 15) is 14.4 Å². The number of carbonyl (C=O) groups excluding carboxylic acids is 3. The van der Waals surface area contributed by atoms with Crippen LogP contribution in [0, 0.1) is 6.92 Å². The fourth-order valence-electron chi connectivity index (χ4n) is 4.40. The number of benzene rings is 3. The van der Waals surface area contributed by atoms with Gasteiger partial charge in [-0.2, -0.15) is 0 Å². The van der Waals surface area contributed by atoms with Crippen LogP contribution >= 0.6 is 11.6 Å². The predicted octanol–water partition coefficient (Wildman–Crippen LogP) is 5.10. The second-order valence-corrected chi connectivity index (χ2v) is 10.2. The van der Waals surface area contributed by atoms with Crippen molar-refractivity contribution in [1.29, 1.82) is 0 Å². The van der Waals surface area contributed by atoms with Gasteiger partial charge in [0.25, 0.3) is 11.8 Å². The van der Waals surface area contributed by atoms with Crippen LogP contribution in [0.4, 0.5) is 11.4 Å². The summed E-state index contributed by atoms with van der Waals surface area (Å²) < 4.78 is 0. The fraction of sp³-hybridized carbons (Fsp3) is 0.300. The maximum Gasteiger partial charge on any atom is 0.254 e. The van der Waals surface area contributed by atoms with Gasteiger partial charge in [0.15, 0.2) is 0 Å². The van der Waals surface area contributed by atoms with E-state index in [1.165, 1.54) is 4.90 Å². The molecule has 0 aliphatic carbocycles. The van der Waals surface area contributed by atoms with Crippen molar-refractivity contribution in [1.82, 2.24) is 9.80 Å². The highest BCUT2D eigenvalue weighted by molar-refractivity contribution is 6.30. The van der Waals surface area contributed by atoms with Crippen molar-refractivity contribution in [3.05, 3.63) is 94.5 Å². The summed E-state index contributed by atoms with van der Waals surface area (Å²) in [7, 11) is 0. The number of piperazine rings is 1. The largest absolute Gasteiger partial charge is 0.368 e. The molecule has 0 unspecified atom stereocenters. The Morgan fingerprint density at radius 1 is 0.842 bits per heavy atom. The lowest BCUT2D eigenvalue weighted by Crippen LogP contribution is -2.48. The number of hydrogen-bond donors (Lipinski definition) is 1. The van der Waals surface area contributed by atoms with Crippen LogP contribution in [-0.4, -0.2) is 66.3 Å². The highest BCUT2D eigenvalue weighted by Crippen LogP contribution is 2.21. The Labute approximate surface area is 229 Å². The Morgan fingerprint density at radius 3 is 2.00 bits per heavy atom. The number of carbonyl (C=O) groups is 3. The molecule has 0 saturated carbocycles. The van der Waals surface area contributed by atoms with E-state index in [2.05, 4.69) is 10.2 Å². The molecule has 0 radical (unpaired) electrons. The average Bonchev–Trinajstić information content (AvgIpc) is 2.92. The van der Waals surface area contributed by atoms with Crippen LogP contribution in [0.25, 0.3) is 0 Å². The molecule has 38 heavy (non-hydrogen) atoms. The van der Waals surface area contributed by atoms with Gasteiger partial charge in [0.05, 0.1) is 0 Å². The lowest BCUT2D eigenvalue weighted by molar-refractivity contribution is -0.117. The summed E-state index contributed by atoms with van der Waals surface area (Å²) in [6.07, 6.45) is 0. The third-order valence-corrected chi connectivity index (χ3v) is 6.92. The standard InChI is InChI=1S/C30H33ClN4O3/c1-21(2)35(30(38)24-8-10-25(31)11-9-24)20-28(36)32-26-12-14-27(15-13-26)33-16-18-34(19-17-33)29(37)23-6-4-22(3)5-7-23/h4-15,21H,16-20H2,1-3H3,(H,32,36). The number of halogens is 1. The lowest BCUT2D eigenvalue weighted by Gasteiger charge is -2.36. The summed E-state index contributed by atoms with van der Waals surface area (Å²) in [6, 6.07) is 21.8. The van der Waals surface area contributed by atoms with E-state index in [1.54, 1.807) is 24.3 Å². The summed E-state index contributed by atoms with van der Waals surface area (Å²) in [4.78, 5) is 44.2. The van der Waals surface area contributed by atoms with Gasteiger partial charge in [0.1, 0.15) is 6.54 Å². The van der Waals surface area contributed by atoms with E-state index < -0.39 is 0 Å². The molecule has 0 spiro atoms. The maximum absolute atomic E-state index is 12.9. The van der Waals surface area contributed by atoms with Crippen molar-refractivity contribution in [3.63, 3.8) is 0 Å². The van der Waals surface area contributed by atoms with Crippen LogP contribution in [0.1, 0.15) is 40.1 Å². The fourth-order valence-corrected chi connectivity index (χ4v) is 4.53. The van der Waals surface area contributed by atoms with Gasteiger partial charge in [0.2, 0.25) is 5.91 Å². The molecule has 1 saturated heterocycles. The van der Waals surface area contributed by atoms with Crippen molar-refractivity contribution in [3.8, 4) is 0 Å². The number of anilines is 2. The molecule has 1 fully saturated rings. The Kier molecular flexibility index (Phi) is 8.69. The third-order valence-electron chi connectivity index (χ3n) is 6.67. The zero-order valence-electron chi connectivity index (χ0n) is 22.0. The minimum atomic E-state index is -0.267. The van der Waals surface area contributed by atoms with Crippen LogP contribution in [0.2, 0.25) is 5.02 Å². The lowest BCUT2D eigenvalue weighted by atomic mass is 10.1. The first-order valence-corrected chi connectivity index (χ1v) is 13.2. The van der Waals surface area contributed by atoms with Crippen molar-refractivity contribution in [2.75, 3.05) is 42.9 Å². The van der Waals surface area contributed by atoms with Gasteiger partial charge in [-0.3, -0.25) is 14.4 Å². The first kappa shape index (κ1) is 27.2. The molecular weight excluding hydrogens is 500 g/mol. The van der Waals surface area contributed by atoms with Crippen molar-refractivity contribution in [2.24, 2.45) is 0 Å². The van der Waals surface area contributed by atoms with Gasteiger partial charge < -0.3 is 20.0 Å². The third kappa shape index (κ3) is 6.72. The van der Waals surface area contributed by atoms with E-state index in [4.69, 9.17) is 11.6 Å². The van der Waals surface area contributed by atoms with E-state index in [0.29, 0.717) is 29.4 Å². The van der Waals surface area contributed by atoms with Gasteiger partial charge in [-0.15, -0.1) is 0 Å². The van der Waals surface area contributed by atoms with Gasteiger partial charge in [-0.1, -0.05) is 29.3 Å². The summed E-state index contributed by atoms with van der Waals surface area (Å²) >= 11 is 5.93. The number of aryl methyl sites for hydroxylation is 1. The maximum atomic E-state index is 12.9. The number of rotatable bonds is 7. The summed E-state index contributed by atoms with van der Waals surface area (Å²) in [5, 5.41) is 3.44. The molecule has 3 aromatic carbocycles. The first-order chi connectivity index (χ1) is 18.2. The molecule has 3 aromatic rings. The number of nitrogens with one attached hydrogen (secondary N) is 1. The van der Waals surface area contributed by atoms with Gasteiger partial charge in [0, 0.05) is 59.7 Å². The van der Waals surface area contributed by atoms with E-state index >= 15 is 0 Å². The molecule has 1 heterocycles. The topological polar surface area (TPSA) is 73.0 Å². The van der Waals surface area contributed by atoms with E-state index in [0.717, 1.165) is 29.9 Å². The molecular formula is C30H33ClN4O3. The number of hydrogen-bond acceptors (Lipinski definition) is 4. The predicted molar refractivity (Wildman–Crippen MR) is 152 cm³/mol.